The van der Waals surface area contributed by atoms with Crippen LogP contribution in [-0.2, 0) is 23.1 Å². The lowest BCUT2D eigenvalue weighted by Gasteiger charge is -2.21. The van der Waals surface area contributed by atoms with Crippen molar-refractivity contribution in [3.8, 4) is 0 Å². The summed E-state index contributed by atoms with van der Waals surface area (Å²) in [7, 11) is 0. The first kappa shape index (κ1) is 16.6. The normalized spacial score (nSPS) is 17.5. The van der Waals surface area contributed by atoms with Crippen LogP contribution in [-0.4, -0.2) is 16.1 Å². The van der Waals surface area contributed by atoms with Crippen molar-refractivity contribution < 1.29 is 4.79 Å². The Morgan fingerprint density at radius 3 is 2.36 bits per heavy atom. The number of nitrogens with one attached hydrogen (secondary N) is 2. The van der Waals surface area contributed by atoms with E-state index in [4.69, 9.17) is 23.2 Å². The van der Waals surface area contributed by atoms with E-state index < -0.39 is 5.41 Å². The highest BCUT2D eigenvalue weighted by Gasteiger charge is 2.51. The molecule has 1 aromatic heterocycles. The minimum atomic E-state index is -0.475. The summed E-state index contributed by atoms with van der Waals surface area (Å²) in [6.45, 7) is 0. The number of hydrazine groups is 1. The Morgan fingerprint density at radius 1 is 1.00 bits per heavy atom. The van der Waals surface area contributed by atoms with Gasteiger partial charge in [0.15, 0.2) is 11.0 Å². The van der Waals surface area contributed by atoms with Crippen LogP contribution >= 0.6 is 23.2 Å². The molecule has 5 nitrogen and oxygen atoms in total. The summed E-state index contributed by atoms with van der Waals surface area (Å²) >= 11 is 12.1. The fourth-order valence-corrected chi connectivity index (χ4v) is 3.86. The third-order valence-corrected chi connectivity index (χ3v) is 5.67. The largest absolute Gasteiger partial charge is 0.280 e. The van der Waals surface area contributed by atoms with Gasteiger partial charge in [-0.2, -0.15) is 0 Å². The summed E-state index contributed by atoms with van der Waals surface area (Å²) in [5, 5.41) is 9.26. The molecule has 1 heterocycles. The number of hydrogen-bond acceptors (Lipinski definition) is 4. The molecule has 1 amide bonds. The summed E-state index contributed by atoms with van der Waals surface area (Å²) in [6.07, 6.45) is 5.64. The predicted octanol–water partition coefficient (Wildman–Crippen LogP) is 3.84. The van der Waals surface area contributed by atoms with Crippen molar-refractivity contribution in [1.82, 2.24) is 15.6 Å². The summed E-state index contributed by atoms with van der Waals surface area (Å²) in [6, 6.07) is 7.47. The first-order valence-corrected chi connectivity index (χ1v) is 9.22. The van der Waals surface area contributed by atoms with Crippen LogP contribution in [0.5, 0.6) is 0 Å². The van der Waals surface area contributed by atoms with Gasteiger partial charge in [0.25, 0.3) is 0 Å². The van der Waals surface area contributed by atoms with E-state index in [1.165, 1.54) is 0 Å². The Balaban J connectivity index is 1.50. The van der Waals surface area contributed by atoms with E-state index in [2.05, 4.69) is 21.0 Å². The molecule has 4 rings (SSSR count). The fourth-order valence-electron chi connectivity index (χ4n) is 3.49. The predicted molar refractivity (Wildman–Crippen MR) is 97.8 cm³/mol. The van der Waals surface area contributed by atoms with Gasteiger partial charge >= 0.3 is 0 Å². The Kier molecular flexibility index (Phi) is 4.29. The Bertz CT molecular complexity index is 819. The molecular formula is C18H18Cl2N4O. The third-order valence-electron chi connectivity index (χ3n) is 5.12. The molecule has 1 fully saturated rings. The average molecular weight is 377 g/mol. The van der Waals surface area contributed by atoms with Crippen molar-refractivity contribution in [2.24, 2.45) is 0 Å². The highest BCUT2D eigenvalue weighted by atomic mass is 35.5. The van der Waals surface area contributed by atoms with Gasteiger partial charge in [-0.1, -0.05) is 35.3 Å². The van der Waals surface area contributed by atoms with Gasteiger partial charge < -0.3 is 0 Å². The number of fused-ring (bicyclic) bond motifs is 1. The monoisotopic (exact) mass is 376 g/mol. The molecule has 2 aromatic rings. The van der Waals surface area contributed by atoms with Gasteiger partial charge in [0.1, 0.15) is 0 Å². The lowest BCUT2D eigenvalue weighted by atomic mass is 9.93. The van der Waals surface area contributed by atoms with Gasteiger partial charge in [0.2, 0.25) is 5.91 Å². The highest BCUT2D eigenvalue weighted by Crippen LogP contribution is 2.48. The molecule has 0 radical (unpaired) electrons. The lowest BCUT2D eigenvalue weighted by Crippen LogP contribution is -2.39. The molecule has 2 aliphatic carbocycles. The number of aromatic nitrogens is 2. The molecule has 130 valence electrons. The minimum Gasteiger partial charge on any atom is -0.280 e. The first-order chi connectivity index (χ1) is 12.1. The zero-order valence-corrected chi connectivity index (χ0v) is 15.1. The quantitative estimate of drug-likeness (QED) is 0.795. The van der Waals surface area contributed by atoms with Crippen LogP contribution in [0.2, 0.25) is 10.2 Å². The fraction of sp³-hybridized carbons (Fsp3) is 0.389. The van der Waals surface area contributed by atoms with Crippen molar-refractivity contribution in [3.05, 3.63) is 51.1 Å². The minimum absolute atomic E-state index is 0.0591. The van der Waals surface area contributed by atoms with E-state index in [1.807, 2.05) is 24.3 Å². The van der Waals surface area contributed by atoms with Crippen molar-refractivity contribution in [1.29, 1.82) is 0 Å². The maximum atomic E-state index is 12.7. The molecular weight excluding hydrogens is 359 g/mol. The Morgan fingerprint density at radius 2 is 1.68 bits per heavy atom. The number of carbonyl (C=O) groups is 1. The molecule has 0 unspecified atom stereocenters. The van der Waals surface area contributed by atoms with Crippen LogP contribution in [0.15, 0.2) is 24.3 Å². The maximum absolute atomic E-state index is 12.7. The summed E-state index contributed by atoms with van der Waals surface area (Å²) in [4.78, 5) is 12.7. The molecule has 0 aliphatic heterocycles. The van der Waals surface area contributed by atoms with E-state index in [9.17, 15) is 4.79 Å². The molecule has 0 spiro atoms. The van der Waals surface area contributed by atoms with Crippen LogP contribution in [0.1, 0.15) is 42.4 Å². The van der Waals surface area contributed by atoms with Crippen LogP contribution in [0.25, 0.3) is 0 Å². The van der Waals surface area contributed by atoms with E-state index >= 15 is 0 Å². The second-order valence-electron chi connectivity index (χ2n) is 6.67. The lowest BCUT2D eigenvalue weighted by molar-refractivity contribution is -0.123. The second kappa shape index (κ2) is 6.46. The smallest absolute Gasteiger partial charge is 0.248 e. The van der Waals surface area contributed by atoms with Gasteiger partial charge in [0, 0.05) is 10.6 Å². The topological polar surface area (TPSA) is 66.9 Å². The number of halogens is 2. The summed E-state index contributed by atoms with van der Waals surface area (Å²) in [5.41, 5.74) is 8.40. The number of benzene rings is 1. The van der Waals surface area contributed by atoms with E-state index in [1.54, 1.807) is 0 Å². The van der Waals surface area contributed by atoms with Gasteiger partial charge in [-0.05, 0) is 61.8 Å². The zero-order chi connectivity index (χ0) is 17.4. The molecule has 0 atom stereocenters. The van der Waals surface area contributed by atoms with Crippen LogP contribution in [0.4, 0.5) is 5.82 Å². The second-order valence-corrected chi connectivity index (χ2v) is 7.47. The van der Waals surface area contributed by atoms with Crippen LogP contribution < -0.4 is 10.9 Å². The van der Waals surface area contributed by atoms with Gasteiger partial charge in [-0.15, -0.1) is 10.2 Å². The molecule has 0 bridgehead atoms. The molecule has 25 heavy (non-hydrogen) atoms. The van der Waals surface area contributed by atoms with Crippen molar-refractivity contribution in [3.63, 3.8) is 0 Å². The number of hydrogen-bond donors (Lipinski definition) is 2. The van der Waals surface area contributed by atoms with Crippen LogP contribution in [0, 0.1) is 0 Å². The Labute approximate surface area is 156 Å². The van der Waals surface area contributed by atoms with Crippen molar-refractivity contribution >= 4 is 34.9 Å². The molecule has 2 aliphatic rings. The highest BCUT2D eigenvalue weighted by molar-refractivity contribution is 6.30. The molecule has 1 aromatic carbocycles. The van der Waals surface area contributed by atoms with Gasteiger partial charge in [-0.3, -0.25) is 15.6 Å². The Hall–Kier alpha value is -1.85. The third kappa shape index (κ3) is 3.07. The SMILES string of the molecule is O=C(NNc1nnc(Cl)c2c1CCCC2)C1(c2ccc(Cl)cc2)CC1. The van der Waals surface area contributed by atoms with E-state index in [0.29, 0.717) is 16.0 Å². The van der Waals surface area contributed by atoms with Gasteiger partial charge in [-0.25, -0.2) is 0 Å². The van der Waals surface area contributed by atoms with E-state index in [-0.39, 0.29) is 5.91 Å². The number of nitrogens with zero attached hydrogens (tertiary/aromatic N) is 2. The van der Waals surface area contributed by atoms with E-state index in [0.717, 1.165) is 55.2 Å². The molecule has 2 N–H and O–H groups in total. The zero-order valence-electron chi connectivity index (χ0n) is 13.6. The first-order valence-electron chi connectivity index (χ1n) is 8.46. The standard InChI is InChI=1S/C18H18Cl2N4O/c19-12-7-5-11(6-8-12)18(9-10-18)17(25)24-23-16-14-4-2-1-3-13(14)15(20)21-22-16/h5-8H,1-4,9-10H2,(H,22,23)(H,24,25). The summed E-state index contributed by atoms with van der Waals surface area (Å²) < 4.78 is 0. The van der Waals surface area contributed by atoms with Crippen molar-refractivity contribution in [2.45, 2.75) is 43.9 Å². The van der Waals surface area contributed by atoms with Crippen molar-refractivity contribution in [2.75, 3.05) is 5.43 Å². The molecule has 7 heteroatoms. The maximum Gasteiger partial charge on any atom is 0.248 e. The number of amides is 1. The van der Waals surface area contributed by atoms with Gasteiger partial charge in [0.05, 0.1) is 5.41 Å². The molecule has 0 saturated heterocycles. The average Bonchev–Trinajstić information content (AvgIpc) is 3.44. The number of rotatable bonds is 4. The number of carbonyl (C=O) groups excluding carboxylic acids is 1. The summed E-state index contributed by atoms with van der Waals surface area (Å²) in [5.74, 6) is 0.537. The molecule has 1 saturated carbocycles. The van der Waals surface area contributed by atoms with Crippen LogP contribution in [0.3, 0.4) is 0 Å². The number of anilines is 1.